The summed E-state index contributed by atoms with van der Waals surface area (Å²) in [5.74, 6) is 0.0301. The summed E-state index contributed by atoms with van der Waals surface area (Å²) in [7, 11) is 0. The zero-order chi connectivity index (χ0) is 8.48. The zero-order valence-corrected chi connectivity index (χ0v) is 7.00. The molecule has 0 fully saturated rings. The number of allylic oxidation sites excluding steroid dienone is 2. The molecule has 0 aromatic carbocycles. The van der Waals surface area contributed by atoms with Gasteiger partial charge < -0.3 is 5.11 Å². The van der Waals surface area contributed by atoms with Crippen LogP contribution in [0.1, 0.15) is 26.7 Å². The van der Waals surface area contributed by atoms with Crippen LogP contribution < -0.4 is 0 Å². The zero-order valence-electron chi connectivity index (χ0n) is 7.00. The predicted octanol–water partition coefficient (Wildman–Crippen LogP) is 1.29. The van der Waals surface area contributed by atoms with Crippen LogP contribution in [0, 0.1) is 5.41 Å². The van der Waals surface area contributed by atoms with Gasteiger partial charge in [-0.15, -0.1) is 0 Å². The van der Waals surface area contributed by atoms with Crippen molar-refractivity contribution < 1.29 is 9.90 Å². The van der Waals surface area contributed by atoms with E-state index in [1.54, 1.807) is 19.9 Å². The highest BCUT2D eigenvalue weighted by Gasteiger charge is 2.34. The Morgan fingerprint density at radius 1 is 1.64 bits per heavy atom. The molecule has 62 valence electrons. The molecule has 0 saturated heterocycles. The summed E-state index contributed by atoms with van der Waals surface area (Å²) in [4.78, 5) is 11.3. The van der Waals surface area contributed by atoms with Crippen LogP contribution >= 0.6 is 0 Å². The monoisotopic (exact) mass is 154 g/mol. The number of carbonyl (C=O) groups is 1. The number of hydrogen-bond acceptors (Lipinski definition) is 2. The fraction of sp³-hybridized carbons (Fsp3) is 0.667. The molecule has 0 heterocycles. The molecular formula is C9H14O2. The third-order valence-corrected chi connectivity index (χ3v) is 2.34. The van der Waals surface area contributed by atoms with Gasteiger partial charge in [0.05, 0.1) is 11.5 Å². The second-order valence-electron chi connectivity index (χ2n) is 3.58. The maximum atomic E-state index is 11.3. The third kappa shape index (κ3) is 1.51. The summed E-state index contributed by atoms with van der Waals surface area (Å²) in [6.07, 6.45) is 4.41. The molecule has 0 bridgehead atoms. The highest BCUT2D eigenvalue weighted by Crippen LogP contribution is 2.28. The van der Waals surface area contributed by atoms with E-state index >= 15 is 0 Å². The van der Waals surface area contributed by atoms with Crippen molar-refractivity contribution in [3.63, 3.8) is 0 Å². The lowest BCUT2D eigenvalue weighted by molar-refractivity contribution is -0.127. The van der Waals surface area contributed by atoms with Crippen LogP contribution in [0.2, 0.25) is 0 Å². The molecule has 2 nitrogen and oxygen atoms in total. The van der Waals surface area contributed by atoms with E-state index in [1.165, 1.54) is 0 Å². The number of carbonyl (C=O) groups excluding carboxylic acids is 1. The van der Waals surface area contributed by atoms with Crippen molar-refractivity contribution >= 4 is 5.78 Å². The first kappa shape index (κ1) is 8.47. The molecule has 1 atom stereocenters. The Kier molecular flexibility index (Phi) is 2.14. The van der Waals surface area contributed by atoms with E-state index in [0.29, 0.717) is 6.42 Å². The van der Waals surface area contributed by atoms with Gasteiger partial charge in [0, 0.05) is 0 Å². The molecule has 0 radical (unpaired) electrons. The van der Waals surface area contributed by atoms with E-state index in [4.69, 9.17) is 0 Å². The Labute approximate surface area is 66.9 Å². The van der Waals surface area contributed by atoms with Crippen LogP contribution in [0.5, 0.6) is 0 Å². The lowest BCUT2D eigenvalue weighted by Gasteiger charge is -2.25. The molecule has 0 spiro atoms. The summed E-state index contributed by atoms with van der Waals surface area (Å²) in [6, 6.07) is 0. The van der Waals surface area contributed by atoms with E-state index in [9.17, 15) is 9.90 Å². The van der Waals surface area contributed by atoms with Gasteiger partial charge >= 0.3 is 0 Å². The van der Waals surface area contributed by atoms with Crippen molar-refractivity contribution in [2.45, 2.75) is 32.8 Å². The molecule has 0 aliphatic heterocycles. The molecule has 2 heteroatoms. The molecule has 1 N–H and O–H groups in total. The van der Waals surface area contributed by atoms with E-state index in [-0.39, 0.29) is 5.78 Å². The van der Waals surface area contributed by atoms with Crippen molar-refractivity contribution in [1.29, 1.82) is 0 Å². The predicted molar refractivity (Wildman–Crippen MR) is 43.2 cm³/mol. The Morgan fingerprint density at radius 3 is 2.91 bits per heavy atom. The van der Waals surface area contributed by atoms with E-state index in [2.05, 4.69) is 0 Å². The van der Waals surface area contributed by atoms with Gasteiger partial charge in [0.2, 0.25) is 0 Å². The first-order valence-electron chi connectivity index (χ1n) is 3.94. The molecule has 0 aromatic rings. The minimum absolute atomic E-state index is 0.0301. The molecule has 1 aliphatic rings. The SMILES string of the molecule is CC1(C)C(=O)C=CCCC1O. The first-order chi connectivity index (χ1) is 5.05. The Bertz CT molecular complexity index is 192. The summed E-state index contributed by atoms with van der Waals surface area (Å²) >= 11 is 0. The fourth-order valence-corrected chi connectivity index (χ4v) is 1.18. The van der Waals surface area contributed by atoms with Gasteiger partial charge in [0.1, 0.15) is 0 Å². The van der Waals surface area contributed by atoms with Crippen molar-refractivity contribution in [3.05, 3.63) is 12.2 Å². The second-order valence-corrected chi connectivity index (χ2v) is 3.58. The quantitative estimate of drug-likeness (QED) is 0.571. The smallest absolute Gasteiger partial charge is 0.163 e. The van der Waals surface area contributed by atoms with Crippen molar-refractivity contribution in [2.75, 3.05) is 0 Å². The van der Waals surface area contributed by atoms with E-state index < -0.39 is 11.5 Å². The van der Waals surface area contributed by atoms with Crippen LogP contribution in [0.15, 0.2) is 12.2 Å². The Balaban J connectivity index is 2.87. The molecule has 1 unspecified atom stereocenters. The maximum absolute atomic E-state index is 11.3. The summed E-state index contributed by atoms with van der Waals surface area (Å²) in [5, 5.41) is 9.53. The highest BCUT2D eigenvalue weighted by atomic mass is 16.3. The molecule has 0 amide bonds. The first-order valence-corrected chi connectivity index (χ1v) is 3.94. The average Bonchev–Trinajstić information content (AvgIpc) is 2.03. The molecular weight excluding hydrogens is 140 g/mol. The minimum atomic E-state index is -0.590. The standard InChI is InChI=1S/C9H14O2/c1-9(2)7(10)5-3-4-6-8(9)11/h3,5,8,11H,4,6H2,1-2H3. The van der Waals surface area contributed by atoms with Crippen LogP contribution in [0.25, 0.3) is 0 Å². The van der Waals surface area contributed by atoms with Crippen LogP contribution in [0.3, 0.4) is 0 Å². The largest absolute Gasteiger partial charge is 0.392 e. The van der Waals surface area contributed by atoms with Crippen molar-refractivity contribution in [3.8, 4) is 0 Å². The van der Waals surface area contributed by atoms with Crippen molar-refractivity contribution in [1.82, 2.24) is 0 Å². The third-order valence-electron chi connectivity index (χ3n) is 2.34. The number of aliphatic hydroxyl groups excluding tert-OH is 1. The van der Waals surface area contributed by atoms with Gasteiger partial charge in [-0.25, -0.2) is 0 Å². The molecule has 1 rings (SSSR count). The normalized spacial score (nSPS) is 30.1. The number of aliphatic hydroxyl groups is 1. The highest BCUT2D eigenvalue weighted by molar-refractivity contribution is 5.94. The van der Waals surface area contributed by atoms with Gasteiger partial charge in [-0.1, -0.05) is 19.9 Å². The number of rotatable bonds is 0. The lowest BCUT2D eigenvalue weighted by atomic mass is 9.82. The van der Waals surface area contributed by atoms with Gasteiger partial charge in [0.15, 0.2) is 5.78 Å². The Morgan fingerprint density at radius 2 is 2.27 bits per heavy atom. The summed E-state index contributed by atoms with van der Waals surface area (Å²) in [6.45, 7) is 3.57. The van der Waals surface area contributed by atoms with Crippen LogP contribution in [-0.2, 0) is 4.79 Å². The molecule has 0 saturated carbocycles. The molecule has 0 aromatic heterocycles. The molecule has 1 aliphatic carbocycles. The molecule has 11 heavy (non-hydrogen) atoms. The van der Waals surface area contributed by atoms with Gasteiger partial charge in [-0.2, -0.15) is 0 Å². The fourth-order valence-electron chi connectivity index (χ4n) is 1.18. The number of ketones is 1. The summed E-state index contributed by atoms with van der Waals surface area (Å²) < 4.78 is 0. The van der Waals surface area contributed by atoms with Crippen LogP contribution in [0.4, 0.5) is 0 Å². The second kappa shape index (κ2) is 2.78. The van der Waals surface area contributed by atoms with Crippen molar-refractivity contribution in [2.24, 2.45) is 5.41 Å². The van der Waals surface area contributed by atoms with E-state index in [1.807, 2.05) is 6.08 Å². The van der Waals surface area contributed by atoms with E-state index in [0.717, 1.165) is 6.42 Å². The minimum Gasteiger partial charge on any atom is -0.392 e. The maximum Gasteiger partial charge on any atom is 0.163 e. The number of hydrogen-bond donors (Lipinski definition) is 1. The average molecular weight is 154 g/mol. The lowest BCUT2D eigenvalue weighted by Crippen LogP contribution is -2.35. The van der Waals surface area contributed by atoms with Crippen LogP contribution in [-0.4, -0.2) is 17.0 Å². The van der Waals surface area contributed by atoms with Gasteiger partial charge in [-0.05, 0) is 18.9 Å². The van der Waals surface area contributed by atoms with Gasteiger partial charge in [-0.3, -0.25) is 4.79 Å². The topological polar surface area (TPSA) is 37.3 Å². The summed E-state index contributed by atoms with van der Waals surface area (Å²) in [5.41, 5.74) is -0.590. The Hall–Kier alpha value is -0.630. The van der Waals surface area contributed by atoms with Gasteiger partial charge in [0.25, 0.3) is 0 Å².